The van der Waals surface area contributed by atoms with Crippen molar-refractivity contribution in [2.24, 2.45) is 17.8 Å². The highest BCUT2D eigenvalue weighted by molar-refractivity contribution is 9.10. The van der Waals surface area contributed by atoms with Crippen molar-refractivity contribution in [1.29, 1.82) is 0 Å². The normalized spacial score (nSPS) is 20.9. The molecule has 1 aliphatic heterocycles. The monoisotopic (exact) mass is 539 g/mol. The summed E-state index contributed by atoms with van der Waals surface area (Å²) in [6, 6.07) is 12.4. The number of carbonyl (C=O) groups is 5. The highest BCUT2D eigenvalue weighted by atomic mass is 79.9. The van der Waals surface area contributed by atoms with Crippen LogP contribution in [0.3, 0.4) is 0 Å². The molecule has 0 spiro atoms. The van der Waals surface area contributed by atoms with Gasteiger partial charge in [-0.1, -0.05) is 35.0 Å². The van der Waals surface area contributed by atoms with Gasteiger partial charge in [0.1, 0.15) is 0 Å². The SMILES string of the molecule is C[C@@H]1C=CC[C@H]2C(=O)N(c3ccc(C(=O)OCC(=O)NNC(=O)c4ccc(Br)cc4)cc3)C(=O)[C@@H]12. The predicted octanol–water partition coefficient (Wildman–Crippen LogP) is 2.77. The van der Waals surface area contributed by atoms with Crippen LogP contribution in [0.4, 0.5) is 5.69 Å². The van der Waals surface area contributed by atoms with Crippen LogP contribution in [0.15, 0.2) is 65.2 Å². The van der Waals surface area contributed by atoms with Gasteiger partial charge in [-0.25, -0.2) is 4.79 Å². The summed E-state index contributed by atoms with van der Waals surface area (Å²) in [4.78, 5) is 63.1. The number of nitrogens with one attached hydrogen (secondary N) is 2. The summed E-state index contributed by atoms with van der Waals surface area (Å²) in [5.41, 5.74) is 5.27. The van der Waals surface area contributed by atoms with Crippen molar-refractivity contribution in [3.8, 4) is 0 Å². The second-order valence-corrected chi connectivity index (χ2v) is 9.22. The molecule has 4 amide bonds. The van der Waals surface area contributed by atoms with Crippen LogP contribution in [0, 0.1) is 17.8 Å². The van der Waals surface area contributed by atoms with Gasteiger partial charge in [-0.2, -0.15) is 0 Å². The van der Waals surface area contributed by atoms with Gasteiger partial charge in [-0.3, -0.25) is 34.9 Å². The van der Waals surface area contributed by atoms with Crippen LogP contribution in [0.5, 0.6) is 0 Å². The van der Waals surface area contributed by atoms with Crippen LogP contribution in [0.2, 0.25) is 0 Å². The Morgan fingerprint density at radius 1 is 0.971 bits per heavy atom. The molecule has 2 aromatic rings. The Labute approximate surface area is 209 Å². The van der Waals surface area contributed by atoms with Crippen LogP contribution < -0.4 is 15.8 Å². The molecule has 3 atom stereocenters. The Bertz CT molecular complexity index is 1210. The van der Waals surface area contributed by atoms with Crippen LogP contribution >= 0.6 is 15.9 Å². The maximum atomic E-state index is 12.9. The van der Waals surface area contributed by atoms with Crippen LogP contribution in [0.25, 0.3) is 0 Å². The molecule has 4 rings (SSSR count). The van der Waals surface area contributed by atoms with E-state index in [9.17, 15) is 24.0 Å². The lowest BCUT2D eigenvalue weighted by atomic mass is 9.78. The first-order chi connectivity index (χ1) is 16.8. The number of nitrogens with zero attached hydrogens (tertiary/aromatic N) is 1. The molecule has 1 heterocycles. The van der Waals surface area contributed by atoms with Gasteiger partial charge in [0.15, 0.2) is 6.61 Å². The molecule has 1 fully saturated rings. The fraction of sp³-hybridized carbons (Fsp3) is 0.240. The average molecular weight is 540 g/mol. The zero-order chi connectivity index (χ0) is 25.1. The molecule has 9 nitrogen and oxygen atoms in total. The van der Waals surface area contributed by atoms with Crippen molar-refractivity contribution >= 4 is 51.2 Å². The Morgan fingerprint density at radius 3 is 2.29 bits per heavy atom. The number of halogens is 1. The largest absolute Gasteiger partial charge is 0.452 e. The third-order valence-corrected chi connectivity index (χ3v) is 6.52. The number of hydrazine groups is 1. The van der Waals surface area contributed by atoms with E-state index in [1.807, 2.05) is 19.1 Å². The van der Waals surface area contributed by atoms with Gasteiger partial charge in [-0.05, 0) is 60.9 Å². The summed E-state index contributed by atoms with van der Waals surface area (Å²) >= 11 is 3.27. The molecule has 35 heavy (non-hydrogen) atoms. The van der Waals surface area contributed by atoms with Gasteiger partial charge in [0.2, 0.25) is 11.8 Å². The predicted molar refractivity (Wildman–Crippen MR) is 129 cm³/mol. The Hall–Kier alpha value is -3.79. The summed E-state index contributed by atoms with van der Waals surface area (Å²) in [6.07, 6.45) is 4.42. The highest BCUT2D eigenvalue weighted by Gasteiger charge is 2.50. The second kappa shape index (κ2) is 10.2. The molecule has 1 aliphatic carbocycles. The molecule has 0 radical (unpaired) electrons. The van der Waals surface area contributed by atoms with Crippen molar-refractivity contribution in [3.05, 3.63) is 76.3 Å². The maximum Gasteiger partial charge on any atom is 0.338 e. The van der Waals surface area contributed by atoms with Gasteiger partial charge in [0, 0.05) is 10.0 Å². The molecule has 2 N–H and O–H groups in total. The van der Waals surface area contributed by atoms with E-state index in [2.05, 4.69) is 26.8 Å². The average Bonchev–Trinajstić information content (AvgIpc) is 3.12. The highest BCUT2D eigenvalue weighted by Crippen LogP contribution is 2.40. The van der Waals surface area contributed by atoms with E-state index in [1.54, 1.807) is 24.3 Å². The van der Waals surface area contributed by atoms with Gasteiger partial charge >= 0.3 is 5.97 Å². The standard InChI is InChI=1S/C25H22BrN3O6/c1-14-3-2-4-19-21(14)24(33)29(23(19)32)18-11-7-16(8-12-18)25(34)35-13-20(30)27-28-22(31)15-5-9-17(26)10-6-15/h2-3,5-12,14,19,21H,4,13H2,1H3,(H,27,30)(H,28,31)/t14-,19-,21+/m1/s1. The lowest BCUT2D eigenvalue weighted by Gasteiger charge is -2.22. The Kier molecular flexibility index (Phi) is 7.11. The summed E-state index contributed by atoms with van der Waals surface area (Å²) in [7, 11) is 0. The number of carbonyl (C=O) groups excluding carboxylic acids is 5. The number of hydrogen-bond acceptors (Lipinski definition) is 6. The van der Waals surface area contributed by atoms with Gasteiger partial charge in [0.25, 0.3) is 11.8 Å². The third-order valence-electron chi connectivity index (χ3n) is 5.99. The molecular formula is C25H22BrN3O6. The summed E-state index contributed by atoms with van der Waals surface area (Å²) < 4.78 is 5.79. The first-order valence-electron chi connectivity index (χ1n) is 10.9. The van der Waals surface area contributed by atoms with Crippen LogP contribution in [-0.2, 0) is 19.1 Å². The lowest BCUT2D eigenvalue weighted by molar-refractivity contribution is -0.125. The summed E-state index contributed by atoms with van der Waals surface area (Å²) in [6.45, 7) is 1.31. The summed E-state index contributed by atoms with van der Waals surface area (Å²) in [5.74, 6) is -3.26. The number of imide groups is 1. The Balaban J connectivity index is 1.29. The van der Waals surface area contributed by atoms with Crippen molar-refractivity contribution in [2.45, 2.75) is 13.3 Å². The summed E-state index contributed by atoms with van der Waals surface area (Å²) in [5, 5.41) is 0. The number of anilines is 1. The van der Waals surface area contributed by atoms with Gasteiger partial charge < -0.3 is 4.74 Å². The van der Waals surface area contributed by atoms with E-state index in [4.69, 9.17) is 4.74 Å². The number of esters is 1. The molecule has 2 aliphatic rings. The first-order valence-corrected chi connectivity index (χ1v) is 11.7. The van der Waals surface area contributed by atoms with Crippen molar-refractivity contribution in [1.82, 2.24) is 10.9 Å². The maximum absolute atomic E-state index is 12.9. The molecule has 2 aromatic carbocycles. The number of ether oxygens (including phenoxy) is 1. The number of fused-ring (bicyclic) bond motifs is 1. The number of amides is 4. The van der Waals surface area contributed by atoms with Gasteiger partial charge in [-0.15, -0.1) is 0 Å². The minimum Gasteiger partial charge on any atom is -0.452 e. The third kappa shape index (κ3) is 5.17. The van der Waals surface area contributed by atoms with Crippen molar-refractivity contribution in [2.75, 3.05) is 11.5 Å². The van der Waals surface area contributed by atoms with E-state index < -0.39 is 24.4 Å². The topological polar surface area (TPSA) is 122 Å². The van der Waals surface area contributed by atoms with E-state index in [0.29, 0.717) is 17.7 Å². The minimum atomic E-state index is -0.767. The molecule has 180 valence electrons. The number of allylic oxidation sites excluding steroid dienone is 2. The smallest absolute Gasteiger partial charge is 0.338 e. The van der Waals surface area contributed by atoms with E-state index >= 15 is 0 Å². The quantitative estimate of drug-likeness (QED) is 0.261. The second-order valence-electron chi connectivity index (χ2n) is 8.30. The first kappa shape index (κ1) is 24.3. The molecule has 0 aromatic heterocycles. The molecule has 0 bridgehead atoms. The number of rotatable bonds is 5. The van der Waals surface area contributed by atoms with Crippen molar-refractivity contribution < 1.29 is 28.7 Å². The van der Waals surface area contributed by atoms with Crippen LogP contribution in [0.1, 0.15) is 34.1 Å². The van der Waals surface area contributed by atoms with E-state index in [1.165, 1.54) is 29.2 Å². The molecule has 1 saturated heterocycles. The van der Waals surface area contributed by atoms with E-state index in [0.717, 1.165) is 4.47 Å². The lowest BCUT2D eigenvalue weighted by Crippen LogP contribution is -2.43. The fourth-order valence-corrected chi connectivity index (χ4v) is 4.46. The van der Waals surface area contributed by atoms with Crippen molar-refractivity contribution in [3.63, 3.8) is 0 Å². The molecule has 10 heteroatoms. The number of benzene rings is 2. The molecule has 0 unspecified atom stereocenters. The van der Waals surface area contributed by atoms with E-state index in [-0.39, 0.29) is 35.1 Å². The molecular weight excluding hydrogens is 518 g/mol. The number of hydrogen-bond donors (Lipinski definition) is 2. The molecule has 0 saturated carbocycles. The van der Waals surface area contributed by atoms with Gasteiger partial charge in [0.05, 0.1) is 23.1 Å². The zero-order valence-electron chi connectivity index (χ0n) is 18.7. The zero-order valence-corrected chi connectivity index (χ0v) is 20.3. The minimum absolute atomic E-state index is 0.0183. The Morgan fingerprint density at radius 2 is 1.63 bits per heavy atom. The fourth-order valence-electron chi connectivity index (χ4n) is 4.20. The van der Waals surface area contributed by atoms with Crippen LogP contribution in [-0.4, -0.2) is 36.2 Å².